The van der Waals surface area contributed by atoms with Crippen molar-refractivity contribution in [3.05, 3.63) is 114 Å². The molecule has 0 radical (unpaired) electrons. The van der Waals surface area contributed by atoms with E-state index in [4.69, 9.17) is 9.47 Å². The van der Waals surface area contributed by atoms with E-state index >= 15 is 0 Å². The largest absolute Gasteiger partial charge is 0.488 e. The summed E-state index contributed by atoms with van der Waals surface area (Å²) < 4.78 is 76.0. The minimum absolute atomic E-state index is 0.0664. The molecule has 0 aliphatic carbocycles. The maximum absolute atomic E-state index is 13.5. The number of nitrogens with one attached hydrogen (secondary N) is 1. The number of amides is 2. The van der Waals surface area contributed by atoms with Crippen molar-refractivity contribution < 1.29 is 41.0 Å². The van der Waals surface area contributed by atoms with Crippen LogP contribution in [0.3, 0.4) is 0 Å². The maximum atomic E-state index is 13.5. The standard InChI is InChI=1S/C36H32F5N5O4/c1-44-30-19-29(50-33-13-9-27(20-42-33)43-34(47)24-4-7-26(8-5-24)36(39,40)41)12-6-25(30)18-31(44)35(48)46-16-14-45(15-17-46)21-23-2-10-28(11-3-23)49-22-32(37)38/h2-13,18-20,32H,14-17,21-22H2,1H3,(H,43,47). The molecule has 3 heterocycles. The van der Waals surface area contributed by atoms with E-state index in [1.807, 2.05) is 40.8 Å². The number of hydrogen-bond acceptors (Lipinski definition) is 6. The van der Waals surface area contributed by atoms with E-state index in [1.54, 1.807) is 36.4 Å². The van der Waals surface area contributed by atoms with Gasteiger partial charge in [0.2, 0.25) is 5.88 Å². The summed E-state index contributed by atoms with van der Waals surface area (Å²) >= 11 is 0. The van der Waals surface area contributed by atoms with Gasteiger partial charge in [-0.2, -0.15) is 13.2 Å². The fourth-order valence-electron chi connectivity index (χ4n) is 5.61. The number of aryl methyl sites for hydroxylation is 1. The SMILES string of the molecule is Cn1c(C(=O)N2CCN(Cc3ccc(OCC(F)F)cc3)CC2)cc2ccc(Oc3ccc(NC(=O)c4ccc(C(F)(F)F)cc4)cn3)cc21. The summed E-state index contributed by atoms with van der Waals surface area (Å²) in [6.07, 6.45) is -5.64. The van der Waals surface area contributed by atoms with Gasteiger partial charge >= 0.3 is 6.18 Å². The third-order valence-corrected chi connectivity index (χ3v) is 8.29. The molecule has 0 unspecified atom stereocenters. The molecular weight excluding hydrogens is 661 g/mol. The number of benzene rings is 3. The summed E-state index contributed by atoms with van der Waals surface area (Å²) in [5.41, 5.74) is 1.90. The van der Waals surface area contributed by atoms with Crippen molar-refractivity contribution >= 4 is 28.4 Å². The molecule has 5 aromatic rings. The smallest absolute Gasteiger partial charge is 0.416 e. The number of carbonyl (C=O) groups excluding carboxylic acids is 2. The third-order valence-electron chi connectivity index (χ3n) is 8.29. The van der Waals surface area contributed by atoms with Crippen molar-refractivity contribution in [2.75, 3.05) is 38.1 Å². The summed E-state index contributed by atoms with van der Waals surface area (Å²) in [5.74, 6) is 0.461. The molecule has 1 saturated heterocycles. The van der Waals surface area contributed by atoms with E-state index in [2.05, 4.69) is 15.2 Å². The zero-order chi connectivity index (χ0) is 35.4. The van der Waals surface area contributed by atoms with Gasteiger partial charge in [-0.25, -0.2) is 13.8 Å². The highest BCUT2D eigenvalue weighted by Crippen LogP contribution is 2.30. The number of halogens is 5. The Hall–Kier alpha value is -5.50. The molecule has 0 saturated carbocycles. The number of rotatable bonds is 10. The Morgan fingerprint density at radius 3 is 2.22 bits per heavy atom. The summed E-state index contributed by atoms with van der Waals surface area (Å²) in [6.45, 7) is 2.50. The lowest BCUT2D eigenvalue weighted by Crippen LogP contribution is -2.48. The monoisotopic (exact) mass is 693 g/mol. The van der Waals surface area contributed by atoms with Gasteiger partial charge in [-0.15, -0.1) is 0 Å². The molecule has 2 amide bonds. The molecule has 3 aromatic carbocycles. The number of fused-ring (bicyclic) bond motifs is 1. The number of piperazine rings is 1. The minimum atomic E-state index is -4.49. The van der Waals surface area contributed by atoms with Gasteiger partial charge in [0.15, 0.2) is 0 Å². The zero-order valence-corrected chi connectivity index (χ0v) is 26.8. The lowest BCUT2D eigenvalue weighted by Gasteiger charge is -2.34. The van der Waals surface area contributed by atoms with Gasteiger partial charge in [0.1, 0.15) is 23.8 Å². The first-order chi connectivity index (χ1) is 23.9. The Morgan fingerprint density at radius 1 is 0.880 bits per heavy atom. The van der Waals surface area contributed by atoms with Gasteiger partial charge < -0.3 is 24.3 Å². The Morgan fingerprint density at radius 2 is 1.58 bits per heavy atom. The lowest BCUT2D eigenvalue weighted by atomic mass is 10.1. The van der Waals surface area contributed by atoms with E-state index in [0.717, 1.165) is 40.7 Å². The molecule has 260 valence electrons. The molecule has 0 atom stereocenters. The normalized spacial score (nSPS) is 13.9. The Balaban J connectivity index is 1.03. The van der Waals surface area contributed by atoms with E-state index in [0.29, 0.717) is 55.6 Å². The van der Waals surface area contributed by atoms with Crippen LogP contribution < -0.4 is 14.8 Å². The number of nitrogens with zero attached hydrogens (tertiary/aromatic N) is 4. The number of hydrogen-bond donors (Lipinski definition) is 1. The van der Waals surface area contributed by atoms with Crippen LogP contribution in [0.5, 0.6) is 17.4 Å². The molecule has 50 heavy (non-hydrogen) atoms. The first kappa shape index (κ1) is 34.4. The van der Waals surface area contributed by atoms with Gasteiger partial charge in [0.25, 0.3) is 18.2 Å². The Kier molecular flexibility index (Phi) is 10.00. The van der Waals surface area contributed by atoms with E-state index in [-0.39, 0.29) is 17.4 Å². The van der Waals surface area contributed by atoms with Crippen LogP contribution in [0, 0.1) is 0 Å². The highest BCUT2D eigenvalue weighted by Gasteiger charge is 2.30. The molecule has 2 aromatic heterocycles. The number of carbonyl (C=O) groups is 2. The zero-order valence-electron chi connectivity index (χ0n) is 26.8. The van der Waals surface area contributed by atoms with Gasteiger partial charge in [0, 0.05) is 62.9 Å². The molecule has 0 spiro atoms. The molecule has 1 N–H and O–H groups in total. The maximum Gasteiger partial charge on any atom is 0.416 e. The molecule has 6 rings (SSSR count). The first-order valence-corrected chi connectivity index (χ1v) is 15.7. The number of aromatic nitrogens is 2. The van der Waals surface area contributed by atoms with Crippen LogP contribution in [0.1, 0.15) is 32.0 Å². The average molecular weight is 694 g/mol. The van der Waals surface area contributed by atoms with Crippen molar-refractivity contribution in [1.82, 2.24) is 19.4 Å². The predicted molar refractivity (Wildman–Crippen MR) is 176 cm³/mol. The van der Waals surface area contributed by atoms with E-state index in [9.17, 15) is 31.5 Å². The van der Waals surface area contributed by atoms with Crippen molar-refractivity contribution in [2.45, 2.75) is 19.1 Å². The molecule has 14 heteroatoms. The summed E-state index contributed by atoms with van der Waals surface area (Å²) in [6, 6.07) is 21.3. The van der Waals surface area contributed by atoms with Crippen molar-refractivity contribution in [3.63, 3.8) is 0 Å². The second-order valence-electron chi connectivity index (χ2n) is 11.7. The predicted octanol–water partition coefficient (Wildman–Crippen LogP) is 7.24. The molecule has 1 aliphatic rings. The number of pyridine rings is 1. The Labute approximate surface area is 283 Å². The fraction of sp³-hybridized carbons (Fsp3) is 0.250. The molecule has 1 aliphatic heterocycles. The van der Waals surface area contributed by atoms with Crippen LogP contribution in [0.4, 0.5) is 27.6 Å². The van der Waals surface area contributed by atoms with Crippen molar-refractivity contribution in [1.29, 1.82) is 0 Å². The van der Waals surface area contributed by atoms with Crippen LogP contribution in [-0.4, -0.2) is 70.4 Å². The van der Waals surface area contributed by atoms with E-state index in [1.165, 1.54) is 6.20 Å². The highest BCUT2D eigenvalue weighted by molar-refractivity contribution is 6.04. The average Bonchev–Trinajstić information content (AvgIpc) is 3.43. The molecule has 1 fully saturated rings. The quantitative estimate of drug-likeness (QED) is 0.155. The van der Waals surface area contributed by atoms with Crippen LogP contribution in [-0.2, 0) is 19.8 Å². The Bertz CT molecular complexity index is 1960. The van der Waals surface area contributed by atoms with E-state index < -0.39 is 30.7 Å². The fourth-order valence-corrected chi connectivity index (χ4v) is 5.61. The van der Waals surface area contributed by atoms with Gasteiger partial charge in [-0.05, 0) is 66.2 Å². The number of alkyl halides is 5. The van der Waals surface area contributed by atoms with Crippen molar-refractivity contribution in [2.24, 2.45) is 7.05 Å². The highest BCUT2D eigenvalue weighted by atomic mass is 19.4. The van der Waals surface area contributed by atoms with Gasteiger partial charge in [0.05, 0.1) is 23.0 Å². The molecule has 9 nitrogen and oxygen atoms in total. The second kappa shape index (κ2) is 14.5. The van der Waals surface area contributed by atoms with Crippen LogP contribution >= 0.6 is 0 Å². The first-order valence-electron chi connectivity index (χ1n) is 15.7. The summed E-state index contributed by atoms with van der Waals surface area (Å²) in [4.78, 5) is 34.3. The summed E-state index contributed by atoms with van der Waals surface area (Å²) in [7, 11) is 1.82. The van der Waals surface area contributed by atoms with Crippen LogP contribution in [0.25, 0.3) is 10.9 Å². The number of anilines is 1. The number of ether oxygens (including phenoxy) is 2. The van der Waals surface area contributed by atoms with Crippen LogP contribution in [0.2, 0.25) is 0 Å². The topological polar surface area (TPSA) is 88.9 Å². The van der Waals surface area contributed by atoms with Gasteiger partial charge in [-0.1, -0.05) is 12.1 Å². The minimum Gasteiger partial charge on any atom is -0.488 e. The lowest BCUT2D eigenvalue weighted by molar-refractivity contribution is -0.137. The third kappa shape index (κ3) is 8.20. The van der Waals surface area contributed by atoms with Crippen molar-refractivity contribution in [3.8, 4) is 17.4 Å². The van der Waals surface area contributed by atoms with Gasteiger partial charge in [-0.3, -0.25) is 14.5 Å². The second-order valence-corrected chi connectivity index (χ2v) is 11.7. The molecular formula is C36H32F5N5O4. The molecule has 0 bridgehead atoms. The van der Waals surface area contributed by atoms with Crippen LogP contribution in [0.15, 0.2) is 91.1 Å². The summed E-state index contributed by atoms with van der Waals surface area (Å²) in [5, 5.41) is 3.46.